The molecule has 2 fully saturated rings. The minimum Gasteiger partial charge on any atom is -0.497 e. The number of hydrogen-bond donors (Lipinski definition) is 2. The van der Waals surface area contributed by atoms with Crippen molar-refractivity contribution >= 4 is 29.1 Å². The van der Waals surface area contributed by atoms with Crippen LogP contribution in [0.5, 0.6) is 5.75 Å². The standard InChI is InChI=1S/C22H23N3O4/c1-29-19-10-8-18(9-11-19)25-13-15(12-20(25)26)22(28)24-16-4-2-14(3-5-16)21(27)23-17-6-7-17/h2-5,8-11,15,17H,6-7,12-13H2,1H3,(H,23,27)(H,24,28). The van der Waals surface area contributed by atoms with Crippen LogP contribution in [0.2, 0.25) is 0 Å². The molecule has 2 aromatic carbocycles. The second-order valence-electron chi connectivity index (χ2n) is 7.42. The zero-order chi connectivity index (χ0) is 20.4. The van der Waals surface area contributed by atoms with Gasteiger partial charge in [0.25, 0.3) is 5.91 Å². The highest BCUT2D eigenvalue weighted by molar-refractivity contribution is 6.03. The zero-order valence-corrected chi connectivity index (χ0v) is 16.2. The minimum atomic E-state index is -0.428. The fourth-order valence-corrected chi connectivity index (χ4v) is 3.34. The summed E-state index contributed by atoms with van der Waals surface area (Å²) in [7, 11) is 1.59. The second kappa shape index (κ2) is 7.95. The lowest BCUT2D eigenvalue weighted by Gasteiger charge is -2.17. The first kappa shape index (κ1) is 19.0. The van der Waals surface area contributed by atoms with Crippen LogP contribution in [0.25, 0.3) is 0 Å². The molecule has 7 nitrogen and oxygen atoms in total. The van der Waals surface area contributed by atoms with E-state index in [-0.39, 0.29) is 24.1 Å². The summed E-state index contributed by atoms with van der Waals surface area (Å²) in [6.45, 7) is 0.332. The van der Waals surface area contributed by atoms with Crippen molar-refractivity contribution in [2.24, 2.45) is 5.92 Å². The Morgan fingerprint density at radius 1 is 1.03 bits per heavy atom. The molecular weight excluding hydrogens is 370 g/mol. The molecule has 2 aromatic rings. The van der Waals surface area contributed by atoms with E-state index < -0.39 is 5.92 Å². The van der Waals surface area contributed by atoms with Crippen molar-refractivity contribution in [1.82, 2.24) is 5.32 Å². The van der Waals surface area contributed by atoms with Crippen LogP contribution in [0, 0.1) is 5.92 Å². The largest absolute Gasteiger partial charge is 0.497 e. The molecule has 4 rings (SSSR count). The van der Waals surface area contributed by atoms with E-state index >= 15 is 0 Å². The van der Waals surface area contributed by atoms with Gasteiger partial charge in [-0.2, -0.15) is 0 Å². The van der Waals surface area contributed by atoms with Gasteiger partial charge in [0, 0.05) is 35.9 Å². The Bertz CT molecular complexity index is 920. The number of carbonyl (C=O) groups is 3. The van der Waals surface area contributed by atoms with E-state index in [1.54, 1.807) is 48.4 Å². The monoisotopic (exact) mass is 393 g/mol. The van der Waals surface area contributed by atoms with Crippen LogP contribution < -0.4 is 20.3 Å². The third-order valence-corrected chi connectivity index (χ3v) is 5.21. The van der Waals surface area contributed by atoms with E-state index in [0.29, 0.717) is 29.6 Å². The number of anilines is 2. The van der Waals surface area contributed by atoms with Crippen LogP contribution in [0.4, 0.5) is 11.4 Å². The number of carbonyl (C=O) groups excluding carboxylic acids is 3. The first-order chi connectivity index (χ1) is 14.0. The van der Waals surface area contributed by atoms with E-state index in [1.165, 1.54) is 0 Å². The lowest BCUT2D eigenvalue weighted by atomic mass is 10.1. The molecule has 29 heavy (non-hydrogen) atoms. The van der Waals surface area contributed by atoms with Crippen LogP contribution in [-0.2, 0) is 9.59 Å². The molecule has 1 aliphatic heterocycles. The first-order valence-corrected chi connectivity index (χ1v) is 9.69. The fourth-order valence-electron chi connectivity index (χ4n) is 3.34. The summed E-state index contributed by atoms with van der Waals surface area (Å²) >= 11 is 0. The zero-order valence-electron chi connectivity index (χ0n) is 16.2. The van der Waals surface area contributed by atoms with Crippen LogP contribution in [0.15, 0.2) is 48.5 Å². The number of nitrogens with zero attached hydrogens (tertiary/aromatic N) is 1. The molecule has 1 saturated carbocycles. The van der Waals surface area contributed by atoms with Gasteiger partial charge < -0.3 is 20.3 Å². The number of hydrogen-bond acceptors (Lipinski definition) is 4. The van der Waals surface area contributed by atoms with E-state index in [9.17, 15) is 14.4 Å². The number of benzene rings is 2. The average Bonchev–Trinajstić information content (AvgIpc) is 3.47. The van der Waals surface area contributed by atoms with Gasteiger partial charge in [-0.15, -0.1) is 0 Å². The van der Waals surface area contributed by atoms with Crippen molar-refractivity contribution in [1.29, 1.82) is 0 Å². The van der Waals surface area contributed by atoms with E-state index in [4.69, 9.17) is 4.74 Å². The van der Waals surface area contributed by atoms with Crippen molar-refractivity contribution in [3.05, 3.63) is 54.1 Å². The molecule has 7 heteroatoms. The molecule has 1 saturated heterocycles. The Morgan fingerprint density at radius 2 is 1.72 bits per heavy atom. The van der Waals surface area contributed by atoms with Gasteiger partial charge in [-0.3, -0.25) is 14.4 Å². The maximum Gasteiger partial charge on any atom is 0.251 e. The molecule has 1 heterocycles. The normalized spacial score (nSPS) is 18.4. The molecule has 0 spiro atoms. The Balaban J connectivity index is 1.35. The van der Waals surface area contributed by atoms with Gasteiger partial charge in [0.15, 0.2) is 0 Å². The van der Waals surface area contributed by atoms with Gasteiger partial charge in [-0.25, -0.2) is 0 Å². The number of ether oxygens (including phenoxy) is 1. The van der Waals surface area contributed by atoms with Crippen LogP contribution in [0.3, 0.4) is 0 Å². The topological polar surface area (TPSA) is 87.7 Å². The molecule has 2 aliphatic rings. The number of nitrogens with one attached hydrogen (secondary N) is 2. The Morgan fingerprint density at radius 3 is 2.34 bits per heavy atom. The Labute approximate surface area is 169 Å². The maximum absolute atomic E-state index is 12.6. The number of amides is 3. The number of rotatable bonds is 6. The minimum absolute atomic E-state index is 0.0811. The fraction of sp³-hybridized carbons (Fsp3) is 0.318. The molecule has 0 radical (unpaired) electrons. The van der Waals surface area contributed by atoms with Crippen LogP contribution in [-0.4, -0.2) is 37.4 Å². The molecule has 2 N–H and O–H groups in total. The lowest BCUT2D eigenvalue weighted by Crippen LogP contribution is -2.28. The van der Waals surface area contributed by atoms with Gasteiger partial charge in [0.05, 0.1) is 13.0 Å². The summed E-state index contributed by atoms with van der Waals surface area (Å²) in [6.07, 6.45) is 2.24. The van der Waals surface area contributed by atoms with Crippen molar-refractivity contribution in [3.8, 4) is 5.75 Å². The van der Waals surface area contributed by atoms with Gasteiger partial charge >= 0.3 is 0 Å². The Kier molecular flexibility index (Phi) is 5.20. The molecule has 0 aromatic heterocycles. The first-order valence-electron chi connectivity index (χ1n) is 9.69. The quantitative estimate of drug-likeness (QED) is 0.790. The molecule has 150 valence electrons. The third kappa shape index (κ3) is 4.39. The van der Waals surface area contributed by atoms with Crippen molar-refractivity contribution in [3.63, 3.8) is 0 Å². The van der Waals surface area contributed by atoms with Gasteiger partial charge in [-0.05, 0) is 61.4 Å². The third-order valence-electron chi connectivity index (χ3n) is 5.21. The molecule has 1 aliphatic carbocycles. The highest BCUT2D eigenvalue weighted by Gasteiger charge is 2.35. The summed E-state index contributed by atoms with van der Waals surface area (Å²) in [5, 5.41) is 5.77. The van der Waals surface area contributed by atoms with E-state index in [1.807, 2.05) is 12.1 Å². The molecule has 1 atom stereocenters. The van der Waals surface area contributed by atoms with E-state index in [0.717, 1.165) is 18.5 Å². The lowest BCUT2D eigenvalue weighted by molar-refractivity contribution is -0.122. The summed E-state index contributed by atoms with van der Waals surface area (Å²) in [5.74, 6) is -0.0970. The predicted octanol–water partition coefficient (Wildman–Crippen LogP) is 2.58. The summed E-state index contributed by atoms with van der Waals surface area (Å²) in [6, 6.07) is 14.3. The van der Waals surface area contributed by atoms with Crippen molar-refractivity contribution in [2.45, 2.75) is 25.3 Å². The maximum atomic E-state index is 12.6. The second-order valence-corrected chi connectivity index (χ2v) is 7.42. The summed E-state index contributed by atoms with van der Waals surface area (Å²) < 4.78 is 5.14. The van der Waals surface area contributed by atoms with Crippen molar-refractivity contribution < 1.29 is 19.1 Å². The van der Waals surface area contributed by atoms with Crippen molar-refractivity contribution in [2.75, 3.05) is 23.9 Å². The summed E-state index contributed by atoms with van der Waals surface area (Å²) in [4.78, 5) is 38.7. The van der Waals surface area contributed by atoms with Gasteiger partial charge in [-0.1, -0.05) is 0 Å². The van der Waals surface area contributed by atoms with E-state index in [2.05, 4.69) is 10.6 Å². The molecule has 3 amide bonds. The van der Waals surface area contributed by atoms with Gasteiger partial charge in [0.2, 0.25) is 11.8 Å². The van der Waals surface area contributed by atoms with Crippen LogP contribution >= 0.6 is 0 Å². The number of methoxy groups -OCH3 is 1. The SMILES string of the molecule is COc1ccc(N2CC(C(=O)Nc3ccc(C(=O)NC4CC4)cc3)CC2=O)cc1. The average molecular weight is 393 g/mol. The van der Waals surface area contributed by atoms with Gasteiger partial charge in [0.1, 0.15) is 5.75 Å². The highest BCUT2D eigenvalue weighted by atomic mass is 16.5. The highest BCUT2D eigenvalue weighted by Crippen LogP contribution is 2.27. The molecule has 1 unspecified atom stereocenters. The summed E-state index contributed by atoms with van der Waals surface area (Å²) in [5.41, 5.74) is 1.92. The smallest absolute Gasteiger partial charge is 0.251 e. The van der Waals surface area contributed by atoms with Crippen LogP contribution in [0.1, 0.15) is 29.6 Å². The molecule has 0 bridgehead atoms. The predicted molar refractivity (Wildman–Crippen MR) is 109 cm³/mol. The Hall–Kier alpha value is -3.35. The molecular formula is C22H23N3O4.